The molecule has 4 N–H and O–H groups in total. The van der Waals surface area contributed by atoms with Crippen molar-refractivity contribution in [1.82, 2.24) is 25.2 Å². The maximum absolute atomic E-state index is 13.0. The van der Waals surface area contributed by atoms with Crippen LogP contribution in [0.5, 0.6) is 0 Å². The fraction of sp³-hybridized carbons (Fsp3) is 0.318. The van der Waals surface area contributed by atoms with E-state index in [4.69, 9.17) is 10.1 Å². The van der Waals surface area contributed by atoms with Gasteiger partial charge in [0.05, 0.1) is 24.6 Å². The van der Waals surface area contributed by atoms with Crippen LogP contribution in [0.25, 0.3) is 5.65 Å². The number of nitrogens with zero attached hydrogens (tertiary/aromatic N) is 3. The van der Waals surface area contributed by atoms with Gasteiger partial charge in [-0.2, -0.15) is 5.10 Å². The minimum atomic E-state index is -0.377. The normalized spacial score (nSPS) is 22.2. The predicted molar refractivity (Wildman–Crippen MR) is 119 cm³/mol. The van der Waals surface area contributed by atoms with Gasteiger partial charge in [-0.3, -0.25) is 9.59 Å². The maximum atomic E-state index is 13.0. The molecule has 166 valence electrons. The number of amides is 2. The molecule has 1 fully saturated rings. The zero-order chi connectivity index (χ0) is 22.5. The van der Waals surface area contributed by atoms with Crippen molar-refractivity contribution in [3.05, 3.63) is 59.9 Å². The van der Waals surface area contributed by atoms with Crippen LogP contribution in [0, 0.1) is 5.41 Å². The summed E-state index contributed by atoms with van der Waals surface area (Å²) in [5.74, 6) is -0.0629. The molecule has 2 aliphatic rings. The Kier molecular flexibility index (Phi) is 6.29. The number of fused-ring (bicyclic) bond motifs is 1. The average molecular weight is 435 g/mol. The van der Waals surface area contributed by atoms with Crippen LogP contribution in [-0.4, -0.2) is 51.8 Å². The van der Waals surface area contributed by atoms with Crippen LogP contribution in [-0.2, 0) is 14.3 Å². The summed E-state index contributed by atoms with van der Waals surface area (Å²) in [7, 11) is 1.47. The van der Waals surface area contributed by atoms with Gasteiger partial charge >= 0.3 is 0 Å². The molecule has 1 saturated carbocycles. The molecule has 0 aliphatic heterocycles. The number of aromatic nitrogens is 3. The van der Waals surface area contributed by atoms with Crippen molar-refractivity contribution in [2.24, 2.45) is 0 Å². The van der Waals surface area contributed by atoms with Crippen LogP contribution in [0.15, 0.2) is 59.9 Å². The highest BCUT2D eigenvalue weighted by atomic mass is 16.5. The first kappa shape index (κ1) is 21.3. The first-order valence-electron chi connectivity index (χ1n) is 10.4. The number of allylic oxidation sites excluding steroid dienone is 3. The second-order valence-electron chi connectivity index (χ2n) is 7.68. The summed E-state index contributed by atoms with van der Waals surface area (Å²) in [6, 6.07) is 2.23. The second-order valence-corrected chi connectivity index (χ2v) is 7.68. The Hall–Kier alpha value is -3.95. The van der Waals surface area contributed by atoms with Crippen molar-refractivity contribution in [3.63, 3.8) is 0 Å². The van der Waals surface area contributed by atoms with E-state index in [0.717, 1.165) is 32.1 Å². The highest BCUT2D eigenvalue weighted by Gasteiger charge is 2.24. The van der Waals surface area contributed by atoms with Gasteiger partial charge in [-0.1, -0.05) is 0 Å². The van der Waals surface area contributed by atoms with E-state index >= 15 is 0 Å². The summed E-state index contributed by atoms with van der Waals surface area (Å²) in [4.78, 5) is 27.9. The Balaban J connectivity index is 1.48. The van der Waals surface area contributed by atoms with E-state index in [-0.39, 0.29) is 23.7 Å². The summed E-state index contributed by atoms with van der Waals surface area (Å²) >= 11 is 0. The SMILES string of the molecule is COC1=CC(=N)/C(=C\NC2CCC(NC=O)CC2)C=C1C(=O)Nc1cnn2cccnc12. The number of methoxy groups -OCH3 is 1. The highest BCUT2D eigenvalue weighted by Crippen LogP contribution is 2.24. The van der Waals surface area contributed by atoms with Crippen molar-refractivity contribution in [2.75, 3.05) is 12.4 Å². The van der Waals surface area contributed by atoms with Crippen LogP contribution in [0.4, 0.5) is 5.69 Å². The molecule has 0 atom stereocenters. The fourth-order valence-corrected chi connectivity index (χ4v) is 3.90. The van der Waals surface area contributed by atoms with Gasteiger partial charge in [-0.15, -0.1) is 0 Å². The number of hydrogen-bond donors (Lipinski definition) is 4. The summed E-state index contributed by atoms with van der Waals surface area (Å²) in [6.07, 6.45) is 14.3. The van der Waals surface area contributed by atoms with Crippen molar-refractivity contribution in [1.29, 1.82) is 5.41 Å². The third-order valence-corrected chi connectivity index (χ3v) is 5.65. The van der Waals surface area contributed by atoms with Crippen molar-refractivity contribution >= 4 is 29.4 Å². The zero-order valence-electron chi connectivity index (χ0n) is 17.7. The molecule has 0 bridgehead atoms. The van der Waals surface area contributed by atoms with Gasteiger partial charge in [0.1, 0.15) is 11.4 Å². The Bertz CT molecular complexity index is 1120. The Morgan fingerprint density at radius 1 is 1.22 bits per heavy atom. The molecule has 2 heterocycles. The molecule has 10 heteroatoms. The van der Waals surface area contributed by atoms with Crippen molar-refractivity contribution in [3.8, 4) is 0 Å². The largest absolute Gasteiger partial charge is 0.496 e. The molecular weight excluding hydrogens is 410 g/mol. The van der Waals surface area contributed by atoms with Crippen LogP contribution >= 0.6 is 0 Å². The third kappa shape index (κ3) is 4.53. The van der Waals surface area contributed by atoms with Gasteiger partial charge in [0, 0.05) is 42.3 Å². The van der Waals surface area contributed by atoms with E-state index in [2.05, 4.69) is 26.0 Å². The molecule has 10 nitrogen and oxygen atoms in total. The molecule has 32 heavy (non-hydrogen) atoms. The Morgan fingerprint density at radius 3 is 2.69 bits per heavy atom. The van der Waals surface area contributed by atoms with Crippen LogP contribution < -0.4 is 16.0 Å². The molecule has 2 aliphatic carbocycles. The number of rotatable bonds is 7. The lowest BCUT2D eigenvalue weighted by Gasteiger charge is -2.28. The summed E-state index contributed by atoms with van der Waals surface area (Å²) < 4.78 is 6.92. The minimum absolute atomic E-state index is 0.225. The monoisotopic (exact) mass is 435 g/mol. The fourth-order valence-electron chi connectivity index (χ4n) is 3.90. The van der Waals surface area contributed by atoms with Crippen molar-refractivity contribution < 1.29 is 14.3 Å². The summed E-state index contributed by atoms with van der Waals surface area (Å²) in [5.41, 5.74) is 2.16. The number of hydrogen-bond acceptors (Lipinski definition) is 7. The lowest BCUT2D eigenvalue weighted by Crippen LogP contribution is -2.38. The van der Waals surface area contributed by atoms with Gasteiger partial charge in [-0.25, -0.2) is 9.50 Å². The van der Waals surface area contributed by atoms with Gasteiger partial charge in [-0.05, 0) is 37.8 Å². The first-order valence-corrected chi connectivity index (χ1v) is 10.4. The molecule has 0 spiro atoms. The first-order chi connectivity index (χ1) is 15.6. The highest BCUT2D eigenvalue weighted by molar-refractivity contribution is 6.16. The van der Waals surface area contributed by atoms with Gasteiger partial charge in [0.25, 0.3) is 5.91 Å². The van der Waals surface area contributed by atoms with E-state index in [1.54, 1.807) is 35.3 Å². The molecule has 2 aromatic rings. The lowest BCUT2D eigenvalue weighted by molar-refractivity contribution is -0.113. The number of anilines is 1. The molecule has 2 amide bonds. The maximum Gasteiger partial charge on any atom is 0.259 e. The smallest absolute Gasteiger partial charge is 0.259 e. The standard InChI is InChI=1S/C22H25N7O3/c1-32-20-10-18(23)14(11-25-15-3-5-16(6-4-15)26-13-30)9-17(20)22(31)28-19-12-27-29-8-2-7-24-21(19)29/h2,7-13,15-16,23,25H,3-6H2,1H3,(H,26,30)(H,28,31)/b14-11-,23-18?. The molecule has 0 aromatic carbocycles. The topological polar surface area (TPSA) is 134 Å². The molecule has 0 radical (unpaired) electrons. The van der Waals surface area contributed by atoms with E-state index in [0.29, 0.717) is 28.2 Å². The molecule has 2 aromatic heterocycles. The van der Waals surface area contributed by atoms with E-state index in [1.807, 2.05) is 0 Å². The minimum Gasteiger partial charge on any atom is -0.496 e. The molecule has 0 saturated heterocycles. The Morgan fingerprint density at radius 2 is 1.97 bits per heavy atom. The number of ether oxygens (including phenoxy) is 1. The average Bonchev–Trinajstić information content (AvgIpc) is 3.22. The Labute approximate surface area is 184 Å². The van der Waals surface area contributed by atoms with Gasteiger partial charge < -0.3 is 26.1 Å². The quantitative estimate of drug-likeness (QED) is 0.489. The van der Waals surface area contributed by atoms with Gasteiger partial charge in [0.15, 0.2) is 5.65 Å². The van der Waals surface area contributed by atoms with Crippen LogP contribution in [0.3, 0.4) is 0 Å². The number of carbonyl (C=O) groups excluding carboxylic acids is 2. The zero-order valence-corrected chi connectivity index (χ0v) is 17.7. The van der Waals surface area contributed by atoms with Gasteiger partial charge in [0.2, 0.25) is 6.41 Å². The van der Waals surface area contributed by atoms with E-state index in [1.165, 1.54) is 19.4 Å². The molecule has 0 unspecified atom stereocenters. The summed E-state index contributed by atoms with van der Waals surface area (Å²) in [6.45, 7) is 0. The second kappa shape index (κ2) is 9.46. The summed E-state index contributed by atoms with van der Waals surface area (Å²) in [5, 5.41) is 21.5. The van der Waals surface area contributed by atoms with E-state index < -0.39 is 0 Å². The van der Waals surface area contributed by atoms with Crippen LogP contribution in [0.2, 0.25) is 0 Å². The molecule has 4 rings (SSSR count). The van der Waals surface area contributed by atoms with E-state index in [9.17, 15) is 9.59 Å². The third-order valence-electron chi connectivity index (χ3n) is 5.65. The van der Waals surface area contributed by atoms with Crippen molar-refractivity contribution in [2.45, 2.75) is 37.8 Å². The predicted octanol–water partition coefficient (Wildman–Crippen LogP) is 1.69. The number of carbonyl (C=O) groups is 2. The number of nitrogens with one attached hydrogen (secondary N) is 4. The molecular formula is C22H25N7O3. The van der Waals surface area contributed by atoms with Crippen LogP contribution in [0.1, 0.15) is 25.7 Å². The lowest BCUT2D eigenvalue weighted by atomic mass is 9.91.